The maximum absolute atomic E-state index is 12.5. The molecule has 0 spiro atoms. The van der Waals surface area contributed by atoms with E-state index in [2.05, 4.69) is 20.8 Å². The molecule has 0 aliphatic carbocycles. The maximum Gasteiger partial charge on any atom is 0.281 e. The van der Waals surface area contributed by atoms with Gasteiger partial charge in [0.1, 0.15) is 0 Å². The average Bonchev–Trinajstić information content (AvgIpc) is 2.44. The molecule has 19 heavy (non-hydrogen) atoms. The summed E-state index contributed by atoms with van der Waals surface area (Å²) in [4.78, 5) is 14.3. The van der Waals surface area contributed by atoms with E-state index in [9.17, 15) is 4.79 Å². The molecular weight excluding hydrogens is 236 g/mol. The van der Waals surface area contributed by atoms with Crippen LogP contribution in [-0.2, 0) is 4.79 Å². The number of likely N-dealkylation sites (N-methyl/N-ethyl adjacent to an activating group) is 2. The van der Waals surface area contributed by atoms with Crippen LogP contribution in [0.4, 0.5) is 5.69 Å². The van der Waals surface area contributed by atoms with Gasteiger partial charge in [-0.3, -0.25) is 4.79 Å². The van der Waals surface area contributed by atoms with E-state index >= 15 is 0 Å². The van der Waals surface area contributed by atoms with Crippen LogP contribution >= 0.6 is 0 Å². The number of anilines is 1. The summed E-state index contributed by atoms with van der Waals surface area (Å²) < 4.78 is 0.856. The van der Waals surface area contributed by atoms with Gasteiger partial charge in [-0.05, 0) is 39.3 Å². The lowest BCUT2D eigenvalue weighted by molar-refractivity contribution is -0.915. The number of carbonyl (C=O) groups excluding carboxylic acids is 1. The Kier molecular flexibility index (Phi) is 5.55. The van der Waals surface area contributed by atoms with Crippen LogP contribution in [0.15, 0.2) is 24.3 Å². The third-order valence-corrected chi connectivity index (χ3v) is 4.33. The highest BCUT2D eigenvalue weighted by molar-refractivity contribution is 5.94. The zero-order chi connectivity index (χ0) is 14.5. The van der Waals surface area contributed by atoms with Gasteiger partial charge >= 0.3 is 0 Å². The molecule has 0 bridgehead atoms. The van der Waals surface area contributed by atoms with Gasteiger partial charge in [-0.15, -0.1) is 0 Å². The lowest BCUT2D eigenvalue weighted by Gasteiger charge is -2.36. The Balaban J connectivity index is 2.86. The summed E-state index contributed by atoms with van der Waals surface area (Å²) in [5.74, 6) is 0.194. The van der Waals surface area contributed by atoms with Crippen molar-refractivity contribution < 1.29 is 9.28 Å². The molecule has 0 unspecified atom stereocenters. The lowest BCUT2D eigenvalue weighted by atomic mass is 10.2. The second-order valence-corrected chi connectivity index (χ2v) is 5.19. The SMILES string of the molecule is CC[N+](CC)(CC)CC(=O)N(C)c1ccccc1C. The Morgan fingerprint density at radius 1 is 1.11 bits per heavy atom. The van der Waals surface area contributed by atoms with E-state index in [4.69, 9.17) is 0 Å². The molecule has 0 aliphatic heterocycles. The van der Waals surface area contributed by atoms with Gasteiger partial charge in [-0.25, -0.2) is 0 Å². The third-order valence-electron chi connectivity index (χ3n) is 4.33. The molecule has 1 amide bonds. The quantitative estimate of drug-likeness (QED) is 0.723. The zero-order valence-electron chi connectivity index (χ0n) is 12.9. The van der Waals surface area contributed by atoms with E-state index in [0.29, 0.717) is 6.54 Å². The van der Waals surface area contributed by atoms with Gasteiger partial charge in [-0.1, -0.05) is 18.2 Å². The van der Waals surface area contributed by atoms with Crippen LogP contribution in [0.3, 0.4) is 0 Å². The number of carbonyl (C=O) groups is 1. The van der Waals surface area contributed by atoms with E-state index in [1.165, 1.54) is 0 Å². The van der Waals surface area contributed by atoms with Crippen LogP contribution in [0.2, 0.25) is 0 Å². The first-order valence-corrected chi connectivity index (χ1v) is 7.17. The van der Waals surface area contributed by atoms with Crippen molar-refractivity contribution in [1.29, 1.82) is 0 Å². The molecule has 3 heteroatoms. The van der Waals surface area contributed by atoms with Crippen molar-refractivity contribution in [2.24, 2.45) is 0 Å². The highest BCUT2D eigenvalue weighted by atomic mass is 16.2. The first-order valence-electron chi connectivity index (χ1n) is 7.17. The highest BCUT2D eigenvalue weighted by Crippen LogP contribution is 2.19. The number of aryl methyl sites for hydroxylation is 1. The summed E-state index contributed by atoms with van der Waals surface area (Å²) in [6, 6.07) is 8.03. The van der Waals surface area contributed by atoms with Gasteiger partial charge < -0.3 is 9.38 Å². The van der Waals surface area contributed by atoms with Crippen molar-refractivity contribution in [3.05, 3.63) is 29.8 Å². The van der Waals surface area contributed by atoms with Crippen LogP contribution in [0.25, 0.3) is 0 Å². The Labute approximate surface area is 117 Å². The van der Waals surface area contributed by atoms with Crippen LogP contribution in [-0.4, -0.2) is 43.6 Å². The van der Waals surface area contributed by atoms with Crippen molar-refractivity contribution in [3.8, 4) is 0 Å². The Bertz CT molecular complexity index is 416. The summed E-state index contributed by atoms with van der Waals surface area (Å²) in [6.07, 6.45) is 0. The van der Waals surface area contributed by atoms with Crippen molar-refractivity contribution in [1.82, 2.24) is 0 Å². The molecule has 3 nitrogen and oxygen atoms in total. The summed E-state index contributed by atoms with van der Waals surface area (Å²) in [5.41, 5.74) is 2.15. The fraction of sp³-hybridized carbons (Fsp3) is 0.562. The number of nitrogens with zero attached hydrogens (tertiary/aromatic N) is 2. The number of amides is 1. The molecule has 0 aromatic heterocycles. The Morgan fingerprint density at radius 3 is 2.11 bits per heavy atom. The van der Waals surface area contributed by atoms with Crippen molar-refractivity contribution in [2.45, 2.75) is 27.7 Å². The molecule has 0 aliphatic rings. The molecule has 0 fully saturated rings. The molecule has 1 aromatic rings. The second kappa shape index (κ2) is 6.71. The minimum atomic E-state index is 0.194. The second-order valence-electron chi connectivity index (χ2n) is 5.19. The minimum Gasteiger partial charge on any atom is -0.317 e. The summed E-state index contributed by atoms with van der Waals surface area (Å²) in [7, 11) is 1.88. The van der Waals surface area contributed by atoms with Crippen LogP contribution in [0.1, 0.15) is 26.3 Å². The number of hydrogen-bond acceptors (Lipinski definition) is 1. The Morgan fingerprint density at radius 2 is 1.63 bits per heavy atom. The van der Waals surface area contributed by atoms with Gasteiger partial charge in [0, 0.05) is 12.7 Å². The molecule has 1 aromatic carbocycles. The predicted octanol–water partition coefficient (Wildman–Crippen LogP) is 2.83. The van der Waals surface area contributed by atoms with Crippen LogP contribution < -0.4 is 4.90 Å². The van der Waals surface area contributed by atoms with Crippen LogP contribution in [0, 0.1) is 6.92 Å². The summed E-state index contributed by atoms with van der Waals surface area (Å²) in [6.45, 7) is 12.1. The molecule has 0 radical (unpaired) electrons. The molecule has 0 saturated heterocycles. The maximum atomic E-state index is 12.5. The zero-order valence-corrected chi connectivity index (χ0v) is 12.9. The molecule has 106 valence electrons. The van der Waals surface area contributed by atoms with Gasteiger partial charge in [0.25, 0.3) is 5.91 Å². The van der Waals surface area contributed by atoms with Gasteiger partial charge in [-0.2, -0.15) is 0 Å². The van der Waals surface area contributed by atoms with E-state index in [1.807, 2.05) is 38.2 Å². The van der Waals surface area contributed by atoms with Gasteiger partial charge in [0.05, 0.1) is 19.6 Å². The van der Waals surface area contributed by atoms with E-state index < -0.39 is 0 Å². The lowest BCUT2D eigenvalue weighted by Crippen LogP contribution is -2.53. The van der Waals surface area contributed by atoms with E-state index in [1.54, 1.807) is 4.90 Å². The number of benzene rings is 1. The van der Waals surface area contributed by atoms with Crippen molar-refractivity contribution >= 4 is 11.6 Å². The van der Waals surface area contributed by atoms with Crippen molar-refractivity contribution in [2.75, 3.05) is 38.1 Å². The predicted molar refractivity (Wildman–Crippen MR) is 81.3 cm³/mol. The molecule has 0 N–H and O–H groups in total. The third kappa shape index (κ3) is 3.57. The summed E-state index contributed by atoms with van der Waals surface area (Å²) in [5, 5.41) is 0. The van der Waals surface area contributed by atoms with E-state index in [-0.39, 0.29) is 5.91 Å². The van der Waals surface area contributed by atoms with Crippen molar-refractivity contribution in [3.63, 3.8) is 0 Å². The van der Waals surface area contributed by atoms with Gasteiger partial charge in [0.2, 0.25) is 0 Å². The summed E-state index contributed by atoms with van der Waals surface area (Å²) >= 11 is 0. The normalized spacial score (nSPS) is 11.4. The molecule has 1 rings (SSSR count). The molecule has 0 heterocycles. The number of hydrogen-bond donors (Lipinski definition) is 0. The highest BCUT2D eigenvalue weighted by Gasteiger charge is 2.27. The number of quaternary nitrogens is 1. The average molecular weight is 263 g/mol. The molecular formula is C16H27N2O+. The topological polar surface area (TPSA) is 20.3 Å². The Hall–Kier alpha value is -1.35. The largest absolute Gasteiger partial charge is 0.317 e. The minimum absolute atomic E-state index is 0.194. The van der Waals surface area contributed by atoms with Gasteiger partial charge in [0.15, 0.2) is 6.54 Å². The number of rotatable bonds is 6. The first-order chi connectivity index (χ1) is 8.99. The molecule has 0 saturated carbocycles. The smallest absolute Gasteiger partial charge is 0.281 e. The standard InChI is InChI=1S/C16H27N2O/c1-6-18(7-2,8-3)13-16(19)17(5)15-12-10-9-11-14(15)4/h9-12H,6-8,13H2,1-5H3/q+1. The fourth-order valence-electron chi connectivity index (χ4n) is 2.47. The number of para-hydroxylation sites is 1. The molecule has 0 atom stereocenters. The fourth-order valence-corrected chi connectivity index (χ4v) is 2.47. The first kappa shape index (κ1) is 15.7. The van der Waals surface area contributed by atoms with Crippen LogP contribution in [0.5, 0.6) is 0 Å². The van der Waals surface area contributed by atoms with E-state index in [0.717, 1.165) is 35.4 Å². The monoisotopic (exact) mass is 263 g/mol.